The number of methoxy groups -OCH3 is 1. The van der Waals surface area contributed by atoms with Crippen molar-refractivity contribution in [1.82, 2.24) is 14.9 Å². The number of hydrogen-bond donors (Lipinski definition) is 3. The SMILES string of the molecule is COC1CC1.Cc1cnc2[nH]c3c(OCCN4CCC(O)CC4)ccc(-c4cccc(O)c4)c3c2c1. The van der Waals surface area contributed by atoms with Crippen molar-refractivity contribution in [2.75, 3.05) is 33.4 Å². The maximum atomic E-state index is 10.0. The number of hydrogen-bond acceptors (Lipinski definition) is 6. The Balaban J connectivity index is 0.000000477. The first-order valence-corrected chi connectivity index (χ1v) is 12.8. The normalized spacial score (nSPS) is 16.8. The van der Waals surface area contributed by atoms with E-state index in [-0.39, 0.29) is 11.9 Å². The van der Waals surface area contributed by atoms with E-state index in [4.69, 9.17) is 9.47 Å². The van der Waals surface area contributed by atoms with Crippen LogP contribution in [0.1, 0.15) is 31.2 Å². The zero-order chi connectivity index (χ0) is 25.1. The van der Waals surface area contributed by atoms with Gasteiger partial charge in [-0.25, -0.2) is 4.98 Å². The molecule has 6 rings (SSSR count). The summed E-state index contributed by atoms with van der Waals surface area (Å²) in [5.41, 5.74) is 4.81. The number of phenolic OH excluding ortho intramolecular Hbond substituents is 1. The van der Waals surface area contributed by atoms with Gasteiger partial charge in [0.25, 0.3) is 0 Å². The molecule has 1 saturated heterocycles. The molecule has 7 nitrogen and oxygen atoms in total. The lowest BCUT2D eigenvalue weighted by atomic mass is 9.99. The van der Waals surface area contributed by atoms with E-state index in [1.807, 2.05) is 31.3 Å². The molecule has 4 aromatic rings. The first kappa shape index (κ1) is 24.6. The lowest BCUT2D eigenvalue weighted by Crippen LogP contribution is -2.38. The highest BCUT2D eigenvalue weighted by molar-refractivity contribution is 6.15. The molecule has 190 valence electrons. The van der Waals surface area contributed by atoms with E-state index < -0.39 is 0 Å². The molecular weight excluding hydrogens is 454 g/mol. The number of phenols is 1. The molecule has 0 atom stereocenters. The third kappa shape index (κ3) is 5.64. The van der Waals surface area contributed by atoms with Gasteiger partial charge in [0.05, 0.1) is 17.7 Å². The number of nitrogens with one attached hydrogen (secondary N) is 1. The van der Waals surface area contributed by atoms with Crippen LogP contribution in [0.25, 0.3) is 33.1 Å². The topological polar surface area (TPSA) is 90.8 Å². The fourth-order valence-corrected chi connectivity index (χ4v) is 4.73. The average molecular weight is 490 g/mol. The number of aromatic hydroxyl groups is 1. The van der Waals surface area contributed by atoms with E-state index >= 15 is 0 Å². The largest absolute Gasteiger partial charge is 0.508 e. The van der Waals surface area contributed by atoms with Gasteiger partial charge >= 0.3 is 0 Å². The summed E-state index contributed by atoms with van der Waals surface area (Å²) in [6.07, 6.45) is 6.56. The van der Waals surface area contributed by atoms with E-state index in [2.05, 4.69) is 27.0 Å². The minimum Gasteiger partial charge on any atom is -0.508 e. The van der Waals surface area contributed by atoms with Gasteiger partial charge in [0.2, 0.25) is 0 Å². The summed E-state index contributed by atoms with van der Waals surface area (Å²) in [6.45, 7) is 5.27. The third-order valence-electron chi connectivity index (χ3n) is 6.94. The van der Waals surface area contributed by atoms with Gasteiger partial charge in [0.15, 0.2) is 0 Å². The number of pyridine rings is 1. The number of aliphatic hydroxyl groups is 1. The number of nitrogens with zero attached hydrogens (tertiary/aromatic N) is 2. The Kier molecular flexibility index (Phi) is 7.41. The van der Waals surface area contributed by atoms with Crippen molar-refractivity contribution >= 4 is 21.9 Å². The Morgan fingerprint density at radius 2 is 1.89 bits per heavy atom. The van der Waals surface area contributed by atoms with Crippen LogP contribution in [0, 0.1) is 6.92 Å². The number of aliphatic hydroxyl groups excluding tert-OH is 1. The van der Waals surface area contributed by atoms with Gasteiger partial charge in [0.1, 0.15) is 23.8 Å². The van der Waals surface area contributed by atoms with Crippen molar-refractivity contribution in [2.24, 2.45) is 0 Å². The minimum atomic E-state index is -0.163. The lowest BCUT2D eigenvalue weighted by molar-refractivity contribution is 0.0756. The van der Waals surface area contributed by atoms with Gasteiger partial charge in [-0.3, -0.25) is 4.90 Å². The Labute approximate surface area is 211 Å². The molecule has 0 unspecified atom stereocenters. The summed E-state index contributed by atoms with van der Waals surface area (Å²) >= 11 is 0. The molecule has 1 aliphatic heterocycles. The average Bonchev–Trinajstić information content (AvgIpc) is 3.65. The third-order valence-corrected chi connectivity index (χ3v) is 6.94. The van der Waals surface area contributed by atoms with Crippen LogP contribution in [0.4, 0.5) is 0 Å². The smallest absolute Gasteiger partial charge is 0.143 e. The van der Waals surface area contributed by atoms with Gasteiger partial charge in [0, 0.05) is 43.7 Å². The number of likely N-dealkylation sites (tertiary alicyclic amines) is 1. The molecule has 1 saturated carbocycles. The predicted molar refractivity (Wildman–Crippen MR) is 143 cm³/mol. The monoisotopic (exact) mass is 489 g/mol. The van der Waals surface area contributed by atoms with Crippen molar-refractivity contribution in [3.05, 3.63) is 54.2 Å². The summed E-state index contributed by atoms with van der Waals surface area (Å²) in [5, 5.41) is 21.8. The Morgan fingerprint density at radius 3 is 2.58 bits per heavy atom. The van der Waals surface area contributed by atoms with Gasteiger partial charge in [-0.05, 0) is 79.6 Å². The van der Waals surface area contributed by atoms with Crippen LogP contribution in [0.3, 0.4) is 0 Å². The van der Waals surface area contributed by atoms with Crippen molar-refractivity contribution in [3.8, 4) is 22.6 Å². The van der Waals surface area contributed by atoms with Crippen LogP contribution in [-0.2, 0) is 4.74 Å². The highest BCUT2D eigenvalue weighted by atomic mass is 16.5. The number of aryl methyl sites for hydroxylation is 1. The number of fused-ring (bicyclic) bond motifs is 3. The molecule has 2 aromatic heterocycles. The molecule has 2 fully saturated rings. The van der Waals surface area contributed by atoms with Crippen molar-refractivity contribution in [2.45, 2.75) is 44.8 Å². The molecule has 1 aliphatic carbocycles. The summed E-state index contributed by atoms with van der Waals surface area (Å²) < 4.78 is 11.1. The molecule has 0 bridgehead atoms. The van der Waals surface area contributed by atoms with E-state index in [9.17, 15) is 10.2 Å². The van der Waals surface area contributed by atoms with Gasteiger partial charge in [-0.15, -0.1) is 0 Å². The second kappa shape index (κ2) is 10.9. The van der Waals surface area contributed by atoms with E-state index in [0.717, 1.165) is 76.9 Å². The van der Waals surface area contributed by atoms with E-state index in [1.54, 1.807) is 19.2 Å². The molecule has 2 aromatic carbocycles. The molecule has 36 heavy (non-hydrogen) atoms. The summed E-state index contributed by atoms with van der Waals surface area (Å²) in [7, 11) is 1.76. The van der Waals surface area contributed by atoms with E-state index in [0.29, 0.717) is 12.7 Å². The molecule has 0 spiro atoms. The number of aromatic amines is 1. The number of rotatable bonds is 6. The van der Waals surface area contributed by atoms with Crippen LogP contribution < -0.4 is 4.74 Å². The van der Waals surface area contributed by atoms with Gasteiger partial charge in [-0.1, -0.05) is 12.1 Å². The van der Waals surface area contributed by atoms with Gasteiger partial charge < -0.3 is 24.7 Å². The van der Waals surface area contributed by atoms with Crippen molar-refractivity contribution in [3.63, 3.8) is 0 Å². The number of benzene rings is 2. The van der Waals surface area contributed by atoms with Crippen LogP contribution >= 0.6 is 0 Å². The van der Waals surface area contributed by atoms with E-state index in [1.165, 1.54) is 12.8 Å². The van der Waals surface area contributed by atoms with Crippen molar-refractivity contribution < 1.29 is 19.7 Å². The Bertz CT molecular complexity index is 1320. The first-order valence-electron chi connectivity index (χ1n) is 12.8. The van der Waals surface area contributed by atoms with Crippen LogP contribution in [0.5, 0.6) is 11.5 Å². The highest BCUT2D eigenvalue weighted by Gasteiger charge is 2.20. The lowest BCUT2D eigenvalue weighted by Gasteiger charge is -2.29. The standard InChI is InChI=1S/C25H27N3O3.C4H8O/c1-16-13-21-23-20(17-3-2-4-19(30)14-17)5-6-22(24(23)27-25(21)26-15-16)31-12-11-28-9-7-18(29)8-10-28;1-5-4-2-3-4/h2-6,13-15,18,29-30H,7-12H2,1H3,(H,26,27);4H,2-3H2,1H3. The predicted octanol–water partition coefficient (Wildman–Crippen LogP) is 5.03. The number of H-pyrrole nitrogens is 1. The molecule has 2 aliphatic rings. The first-order chi connectivity index (χ1) is 17.5. The molecule has 3 N–H and O–H groups in total. The molecule has 0 amide bonds. The molecule has 3 heterocycles. The second-order valence-electron chi connectivity index (χ2n) is 9.80. The fraction of sp³-hybridized carbons (Fsp3) is 0.414. The Hall–Kier alpha value is -3.13. The fourth-order valence-electron chi connectivity index (χ4n) is 4.73. The molecule has 7 heteroatoms. The summed E-state index contributed by atoms with van der Waals surface area (Å²) in [4.78, 5) is 10.4. The number of ether oxygens (including phenoxy) is 2. The second-order valence-corrected chi connectivity index (χ2v) is 9.80. The summed E-state index contributed by atoms with van der Waals surface area (Å²) in [6, 6.07) is 13.5. The van der Waals surface area contributed by atoms with Crippen LogP contribution in [0.15, 0.2) is 48.7 Å². The number of piperidine rings is 1. The zero-order valence-corrected chi connectivity index (χ0v) is 21.0. The maximum absolute atomic E-state index is 10.0. The minimum absolute atomic E-state index is 0.163. The van der Waals surface area contributed by atoms with Crippen molar-refractivity contribution in [1.29, 1.82) is 0 Å². The number of aromatic nitrogens is 2. The molecular formula is C29H35N3O4. The zero-order valence-electron chi connectivity index (χ0n) is 21.0. The Morgan fingerprint density at radius 1 is 1.08 bits per heavy atom. The van der Waals surface area contributed by atoms with Crippen LogP contribution in [-0.4, -0.2) is 70.6 Å². The van der Waals surface area contributed by atoms with Gasteiger partial charge in [-0.2, -0.15) is 0 Å². The highest BCUT2D eigenvalue weighted by Crippen LogP contribution is 2.39. The maximum Gasteiger partial charge on any atom is 0.143 e. The quantitative estimate of drug-likeness (QED) is 0.352. The molecule has 0 radical (unpaired) electrons. The van der Waals surface area contributed by atoms with Crippen LogP contribution in [0.2, 0.25) is 0 Å². The summed E-state index contributed by atoms with van der Waals surface area (Å²) in [5.74, 6) is 1.04.